The molecule has 23 heteroatoms. The molecular weight excluding hydrogens is 1170 g/mol. The first kappa shape index (κ1) is 64.2. The smallest absolute Gasteiger partial charge is 0.225 e. The molecular formula is C69H86N14O9. The number of anilines is 3. The topological polar surface area (TPSA) is 206 Å². The van der Waals surface area contributed by atoms with Crippen LogP contribution < -0.4 is 43.1 Å². The first-order valence-corrected chi connectivity index (χ1v) is 31.7. The Morgan fingerprint density at radius 2 is 0.739 bits per heavy atom. The molecule has 13 rings (SSSR count). The number of benzene rings is 3. The second kappa shape index (κ2) is 28.0. The first-order valence-electron chi connectivity index (χ1n) is 31.7. The van der Waals surface area contributed by atoms with Crippen LogP contribution in [0, 0.1) is 47.5 Å². The van der Waals surface area contributed by atoms with Crippen molar-refractivity contribution in [1.29, 1.82) is 0 Å². The summed E-state index contributed by atoms with van der Waals surface area (Å²) in [5, 5.41) is 14.3. The zero-order valence-electron chi connectivity index (χ0n) is 55.5. The number of rotatable bonds is 13. The van der Waals surface area contributed by atoms with Gasteiger partial charge in [-0.1, -0.05) is 19.3 Å². The number of morpholine rings is 1. The van der Waals surface area contributed by atoms with Crippen molar-refractivity contribution >= 4 is 45.8 Å². The lowest BCUT2D eigenvalue weighted by molar-refractivity contribution is -0.136. The molecule has 3 saturated heterocycles. The van der Waals surface area contributed by atoms with E-state index in [-0.39, 0.29) is 11.8 Å². The van der Waals surface area contributed by atoms with E-state index in [1.165, 1.54) is 19.3 Å². The highest BCUT2D eigenvalue weighted by Gasteiger charge is 2.31. The maximum atomic E-state index is 13.0. The van der Waals surface area contributed by atoms with Crippen molar-refractivity contribution in [2.24, 2.45) is 5.92 Å². The Hall–Kier alpha value is -9.38. The molecule has 3 aliphatic heterocycles. The quantitative estimate of drug-likeness (QED) is 0.105. The molecule has 4 fully saturated rings. The average molecular weight is 1260 g/mol. The first-order chi connectivity index (χ1) is 44.5. The number of methoxy groups -OCH3 is 6. The molecule has 0 bridgehead atoms. The van der Waals surface area contributed by atoms with Gasteiger partial charge in [-0.15, -0.1) is 0 Å². The van der Waals surface area contributed by atoms with Crippen molar-refractivity contribution in [3.05, 3.63) is 107 Å². The monoisotopic (exact) mass is 1250 g/mol. The van der Waals surface area contributed by atoms with E-state index in [1.54, 1.807) is 49.6 Å². The third kappa shape index (κ3) is 13.1. The van der Waals surface area contributed by atoms with Crippen molar-refractivity contribution in [1.82, 2.24) is 53.6 Å². The fourth-order valence-electron chi connectivity index (χ4n) is 13.2. The lowest BCUT2D eigenvalue weighted by Crippen LogP contribution is -2.50. The van der Waals surface area contributed by atoms with Gasteiger partial charge in [0.1, 0.15) is 0 Å². The number of nitrogens with zero attached hydrogens (tertiary/aromatic N) is 14. The van der Waals surface area contributed by atoms with Crippen molar-refractivity contribution in [3.8, 4) is 68.3 Å². The maximum Gasteiger partial charge on any atom is 0.225 e. The number of hydrogen-bond donors (Lipinski definition) is 0. The van der Waals surface area contributed by atoms with E-state index in [9.17, 15) is 9.59 Å². The molecule has 23 nitrogen and oxygen atoms in total. The van der Waals surface area contributed by atoms with E-state index in [0.29, 0.717) is 53.5 Å². The molecule has 9 heterocycles. The molecule has 3 aromatic carbocycles. The second-order valence-corrected chi connectivity index (χ2v) is 23.8. The summed E-state index contributed by atoms with van der Waals surface area (Å²) in [7, 11) is 9.81. The number of piperazine rings is 2. The predicted molar refractivity (Wildman–Crippen MR) is 356 cm³/mol. The molecule has 4 aliphatic rings. The molecule has 0 radical (unpaired) electrons. The summed E-state index contributed by atoms with van der Waals surface area (Å²) in [4.78, 5) is 50.3. The van der Waals surface area contributed by atoms with Gasteiger partial charge in [0.15, 0.2) is 51.4 Å². The van der Waals surface area contributed by atoms with Crippen molar-refractivity contribution < 1.29 is 42.7 Å². The predicted octanol–water partition coefficient (Wildman–Crippen LogP) is 9.83. The van der Waals surface area contributed by atoms with Gasteiger partial charge in [0, 0.05) is 95.0 Å². The standard InChI is InChI=1S/C27H35N5O3.C22H27N5O3.C20H24N4O3/c1-18-16-22(30-12-14-31(15-13-30)27(33)20-8-6-5-7-9-20)26-28-19(2)25(32(26)29-18)21-10-11-23(34-3)24(17-21)35-4;1-14-12-18(26-10-8-25(9-11-26)16(3)28)22-23-15(2)21(27(22)24-14)17-6-7-19(29-4)20(13-17)30-5;1-13-11-16(23-7-9-27-10-8-23)20-21-14(2)19(24(20)22-13)15-5-6-17(25-3)18(12-15)26-4/h10-11,16-17,20H,5-9,12-15H2,1-4H3;6-7,12-13H,8-11H2,1-5H3;5-6,11-12H,7-10H2,1-4H3. The second-order valence-electron chi connectivity index (χ2n) is 23.8. The van der Waals surface area contributed by atoms with Crippen LogP contribution in [0.1, 0.15) is 73.2 Å². The largest absolute Gasteiger partial charge is 0.493 e. The van der Waals surface area contributed by atoms with Crippen molar-refractivity contribution in [3.63, 3.8) is 0 Å². The van der Waals surface area contributed by atoms with Crippen LogP contribution in [0.25, 0.3) is 50.7 Å². The number of fused-ring (bicyclic) bond motifs is 3. The fourth-order valence-corrected chi connectivity index (χ4v) is 13.2. The minimum atomic E-state index is 0.123. The van der Waals surface area contributed by atoms with Gasteiger partial charge in [0.2, 0.25) is 11.8 Å². The fraction of sp³-hybridized carbons (Fsp3) is 0.449. The van der Waals surface area contributed by atoms with Gasteiger partial charge in [-0.2, -0.15) is 15.3 Å². The lowest BCUT2D eigenvalue weighted by Gasteiger charge is -2.38. The van der Waals surface area contributed by atoms with Crippen LogP contribution in [-0.2, 0) is 14.3 Å². The Balaban J connectivity index is 0.000000143. The van der Waals surface area contributed by atoms with Gasteiger partial charge in [0.25, 0.3) is 0 Å². The third-order valence-corrected chi connectivity index (χ3v) is 17.9. The molecule has 1 aliphatic carbocycles. The molecule has 0 N–H and O–H groups in total. The molecule has 6 aromatic heterocycles. The Morgan fingerprint density at radius 1 is 0.413 bits per heavy atom. The molecule has 0 spiro atoms. The zero-order valence-corrected chi connectivity index (χ0v) is 55.5. The van der Waals surface area contributed by atoms with Crippen LogP contribution in [0.3, 0.4) is 0 Å². The van der Waals surface area contributed by atoms with E-state index in [1.807, 2.05) is 115 Å². The molecule has 2 amide bonds. The van der Waals surface area contributed by atoms with E-state index in [0.717, 1.165) is 180 Å². The highest BCUT2D eigenvalue weighted by Crippen LogP contribution is 2.40. The van der Waals surface area contributed by atoms with Crippen molar-refractivity contribution in [2.75, 3.05) is 136 Å². The number of imidazole rings is 3. The minimum absolute atomic E-state index is 0.123. The summed E-state index contributed by atoms with van der Waals surface area (Å²) in [5.74, 6) is 4.80. The van der Waals surface area contributed by atoms with Crippen molar-refractivity contribution in [2.45, 2.75) is 80.6 Å². The highest BCUT2D eigenvalue weighted by molar-refractivity contribution is 5.82. The number of amides is 2. The van der Waals surface area contributed by atoms with Crippen LogP contribution in [-0.4, -0.2) is 187 Å². The number of aryl methyl sites for hydroxylation is 6. The molecule has 0 atom stereocenters. The molecule has 9 aromatic rings. The van der Waals surface area contributed by atoms with Gasteiger partial charge < -0.3 is 57.7 Å². The summed E-state index contributed by atoms with van der Waals surface area (Å²) in [6.07, 6.45) is 5.74. The van der Waals surface area contributed by atoms with Gasteiger partial charge in [-0.3, -0.25) is 9.59 Å². The van der Waals surface area contributed by atoms with Crippen LogP contribution in [0.5, 0.6) is 34.5 Å². The molecule has 1 saturated carbocycles. The van der Waals surface area contributed by atoms with Gasteiger partial charge >= 0.3 is 0 Å². The summed E-state index contributed by atoms with van der Waals surface area (Å²) >= 11 is 0. The summed E-state index contributed by atoms with van der Waals surface area (Å²) < 4.78 is 43.9. The number of carbonyl (C=O) groups is 2. The number of ether oxygens (including phenoxy) is 7. The average Bonchev–Trinajstić information content (AvgIpc) is 1.76. The van der Waals surface area contributed by atoms with E-state index in [4.69, 9.17) is 63.4 Å². The van der Waals surface area contributed by atoms with Gasteiger partial charge in [-0.25, -0.2) is 28.5 Å². The van der Waals surface area contributed by atoms with E-state index >= 15 is 0 Å². The Labute approximate surface area is 537 Å². The SMILES string of the molecule is COc1ccc(-c2c(C)nc3c(N4CCN(C(=O)C5CCCCC5)CC4)cc(C)nn23)cc1OC.COc1ccc(-c2c(C)nc3c(N4CCN(C(C)=O)CC4)cc(C)nn23)cc1OC.COc1ccc(-c2c(C)nc3c(N4CCOCC4)cc(C)nn23)cc1OC. The number of aromatic nitrogens is 9. The van der Waals surface area contributed by atoms with Crippen LogP contribution in [0.4, 0.5) is 17.1 Å². The molecule has 486 valence electrons. The van der Waals surface area contributed by atoms with Gasteiger partial charge in [-0.05, 0) is 127 Å². The highest BCUT2D eigenvalue weighted by atomic mass is 16.5. The molecule has 0 unspecified atom stereocenters. The lowest BCUT2D eigenvalue weighted by atomic mass is 9.88. The van der Waals surface area contributed by atoms with Crippen LogP contribution >= 0.6 is 0 Å². The maximum absolute atomic E-state index is 13.0. The third-order valence-electron chi connectivity index (χ3n) is 17.9. The Morgan fingerprint density at radius 3 is 1.07 bits per heavy atom. The normalized spacial score (nSPS) is 15.5. The minimum Gasteiger partial charge on any atom is -0.493 e. The van der Waals surface area contributed by atoms with Gasteiger partial charge in [0.05, 0.1) is 124 Å². The van der Waals surface area contributed by atoms with Crippen LogP contribution in [0.15, 0.2) is 72.8 Å². The molecule has 92 heavy (non-hydrogen) atoms. The summed E-state index contributed by atoms with van der Waals surface area (Å²) in [6, 6.07) is 23.9. The number of hydrogen-bond acceptors (Lipinski definition) is 18. The van der Waals surface area contributed by atoms with Crippen LogP contribution in [0.2, 0.25) is 0 Å². The summed E-state index contributed by atoms with van der Waals surface area (Å²) in [6.45, 7) is 22.9. The zero-order chi connectivity index (χ0) is 64.9. The summed E-state index contributed by atoms with van der Waals surface area (Å²) in [5.41, 5.74) is 17.0. The van der Waals surface area contributed by atoms with E-state index < -0.39 is 0 Å². The Kier molecular flexibility index (Phi) is 19.5. The van der Waals surface area contributed by atoms with E-state index in [2.05, 4.69) is 37.8 Å². The Bertz CT molecular complexity index is 4130. The number of carbonyl (C=O) groups excluding carboxylic acids is 2.